The summed E-state index contributed by atoms with van der Waals surface area (Å²) < 4.78 is 15.8. The molecule has 0 bridgehead atoms. The zero-order valence-electron chi connectivity index (χ0n) is 12.9. The second-order valence-corrected chi connectivity index (χ2v) is 4.71. The second kappa shape index (κ2) is 6.38. The third-order valence-electron chi connectivity index (χ3n) is 3.41. The molecular weight excluding hydrogens is 288 g/mol. The zero-order valence-corrected chi connectivity index (χ0v) is 12.9. The van der Waals surface area contributed by atoms with Gasteiger partial charge in [-0.05, 0) is 13.0 Å². The van der Waals surface area contributed by atoms with Gasteiger partial charge in [-0.25, -0.2) is 4.79 Å². The van der Waals surface area contributed by atoms with Gasteiger partial charge in [0.1, 0.15) is 5.75 Å². The second-order valence-electron chi connectivity index (χ2n) is 4.71. The molecule has 1 aromatic carbocycles. The monoisotopic (exact) mass is 306 g/mol. The van der Waals surface area contributed by atoms with E-state index in [2.05, 4.69) is 9.97 Å². The predicted octanol–water partition coefficient (Wildman–Crippen LogP) is 0.988. The van der Waals surface area contributed by atoms with E-state index in [9.17, 15) is 9.59 Å². The van der Waals surface area contributed by atoms with Crippen LogP contribution in [-0.2, 0) is 6.42 Å². The van der Waals surface area contributed by atoms with Gasteiger partial charge >= 0.3 is 5.69 Å². The van der Waals surface area contributed by atoms with Gasteiger partial charge in [-0.2, -0.15) is 0 Å². The summed E-state index contributed by atoms with van der Waals surface area (Å²) in [6.07, 6.45) is 0.293. The fraction of sp³-hybridized carbons (Fsp3) is 0.333. The summed E-state index contributed by atoms with van der Waals surface area (Å²) in [4.78, 5) is 28.0. The molecule has 7 heteroatoms. The molecule has 0 aliphatic heterocycles. The molecule has 1 aromatic heterocycles. The first-order valence-corrected chi connectivity index (χ1v) is 6.61. The van der Waals surface area contributed by atoms with Crippen LogP contribution in [0.1, 0.15) is 16.8 Å². The number of nitrogens with one attached hydrogen (secondary N) is 2. The number of ether oxygens (including phenoxy) is 3. The summed E-state index contributed by atoms with van der Waals surface area (Å²) in [5, 5.41) is 0. The van der Waals surface area contributed by atoms with Gasteiger partial charge in [0, 0.05) is 29.3 Å². The first-order valence-electron chi connectivity index (χ1n) is 6.61. The summed E-state index contributed by atoms with van der Waals surface area (Å²) in [6.45, 7) is 1.68. The molecule has 1 heterocycles. The number of hydrogen-bond acceptors (Lipinski definition) is 5. The largest absolute Gasteiger partial charge is 0.496 e. The molecule has 22 heavy (non-hydrogen) atoms. The number of H-pyrrole nitrogens is 2. The lowest BCUT2D eigenvalue weighted by molar-refractivity contribution is 0.347. The lowest BCUT2D eigenvalue weighted by Crippen LogP contribution is -2.27. The number of aromatic amines is 2. The first kappa shape index (κ1) is 15.7. The molecule has 0 amide bonds. The normalized spacial score (nSPS) is 10.4. The van der Waals surface area contributed by atoms with E-state index in [1.807, 2.05) is 0 Å². The number of hydrogen-bond donors (Lipinski definition) is 2. The molecule has 0 unspecified atom stereocenters. The summed E-state index contributed by atoms with van der Waals surface area (Å²) in [6, 6.07) is 3.45. The lowest BCUT2D eigenvalue weighted by atomic mass is 10.0. The minimum absolute atomic E-state index is 0.293. The Balaban J connectivity index is 2.54. The fourth-order valence-corrected chi connectivity index (χ4v) is 2.26. The van der Waals surface area contributed by atoms with Crippen molar-refractivity contribution in [3.8, 4) is 17.2 Å². The molecule has 0 saturated carbocycles. The van der Waals surface area contributed by atoms with Crippen LogP contribution >= 0.6 is 0 Å². The third-order valence-corrected chi connectivity index (χ3v) is 3.41. The van der Waals surface area contributed by atoms with Crippen molar-refractivity contribution in [2.75, 3.05) is 21.3 Å². The molecule has 0 aliphatic carbocycles. The number of rotatable bonds is 5. The van der Waals surface area contributed by atoms with E-state index in [0.717, 1.165) is 5.56 Å². The van der Waals surface area contributed by atoms with Crippen LogP contribution in [0.4, 0.5) is 0 Å². The van der Waals surface area contributed by atoms with E-state index in [1.165, 1.54) is 21.3 Å². The van der Waals surface area contributed by atoms with Crippen molar-refractivity contribution in [2.24, 2.45) is 0 Å². The molecule has 118 valence electrons. The Morgan fingerprint density at radius 2 is 1.50 bits per heavy atom. The Hall–Kier alpha value is -2.70. The van der Waals surface area contributed by atoms with Crippen LogP contribution in [0.3, 0.4) is 0 Å². The topological polar surface area (TPSA) is 93.4 Å². The fourth-order valence-electron chi connectivity index (χ4n) is 2.26. The summed E-state index contributed by atoms with van der Waals surface area (Å²) in [5.41, 5.74) is 0.792. The maximum absolute atomic E-state index is 12.0. The Labute approximate surface area is 126 Å². The molecule has 2 N–H and O–H groups in total. The van der Waals surface area contributed by atoms with Crippen LogP contribution in [0.25, 0.3) is 0 Å². The molecular formula is C15H18N2O5. The van der Waals surface area contributed by atoms with Gasteiger partial charge in [0.2, 0.25) is 0 Å². The Morgan fingerprint density at radius 3 is 2.05 bits per heavy atom. The van der Waals surface area contributed by atoms with Crippen LogP contribution in [0.2, 0.25) is 0 Å². The molecule has 0 fully saturated rings. The predicted molar refractivity (Wildman–Crippen MR) is 81.3 cm³/mol. The van der Waals surface area contributed by atoms with Gasteiger partial charge in [0.05, 0.1) is 21.3 Å². The Kier molecular flexibility index (Phi) is 4.55. The van der Waals surface area contributed by atoms with Gasteiger partial charge < -0.3 is 19.2 Å². The van der Waals surface area contributed by atoms with Crippen molar-refractivity contribution in [3.05, 3.63) is 49.8 Å². The Morgan fingerprint density at radius 1 is 0.909 bits per heavy atom. The number of benzene rings is 1. The molecule has 2 rings (SSSR count). The van der Waals surface area contributed by atoms with Gasteiger partial charge in [-0.3, -0.25) is 9.78 Å². The molecule has 7 nitrogen and oxygen atoms in total. The highest BCUT2D eigenvalue weighted by Crippen LogP contribution is 2.35. The van der Waals surface area contributed by atoms with Crippen LogP contribution < -0.4 is 25.5 Å². The van der Waals surface area contributed by atoms with Gasteiger partial charge in [0.15, 0.2) is 11.5 Å². The quantitative estimate of drug-likeness (QED) is 0.859. The van der Waals surface area contributed by atoms with E-state index in [0.29, 0.717) is 34.9 Å². The van der Waals surface area contributed by atoms with Crippen LogP contribution in [-0.4, -0.2) is 31.3 Å². The average Bonchev–Trinajstić information content (AvgIpc) is 2.49. The maximum atomic E-state index is 12.0. The van der Waals surface area contributed by atoms with Gasteiger partial charge in [0.25, 0.3) is 5.56 Å². The minimum atomic E-state index is -0.523. The van der Waals surface area contributed by atoms with Crippen molar-refractivity contribution < 1.29 is 14.2 Å². The van der Waals surface area contributed by atoms with Crippen molar-refractivity contribution in [2.45, 2.75) is 13.3 Å². The number of methoxy groups -OCH3 is 3. The van der Waals surface area contributed by atoms with E-state index in [1.54, 1.807) is 19.1 Å². The zero-order chi connectivity index (χ0) is 16.3. The van der Waals surface area contributed by atoms with Gasteiger partial charge in [-0.1, -0.05) is 0 Å². The van der Waals surface area contributed by atoms with Gasteiger partial charge in [-0.15, -0.1) is 0 Å². The molecule has 0 aliphatic rings. The molecule has 0 atom stereocenters. The van der Waals surface area contributed by atoms with Crippen molar-refractivity contribution >= 4 is 0 Å². The summed E-state index contributed by atoms with van der Waals surface area (Å²) >= 11 is 0. The van der Waals surface area contributed by atoms with Crippen LogP contribution in [0.5, 0.6) is 17.2 Å². The van der Waals surface area contributed by atoms with Crippen molar-refractivity contribution in [3.63, 3.8) is 0 Å². The van der Waals surface area contributed by atoms with Crippen molar-refractivity contribution in [1.29, 1.82) is 0 Å². The highest BCUT2D eigenvalue weighted by Gasteiger charge is 2.15. The highest BCUT2D eigenvalue weighted by molar-refractivity contribution is 5.52. The molecule has 0 saturated heterocycles. The van der Waals surface area contributed by atoms with E-state index >= 15 is 0 Å². The third kappa shape index (κ3) is 2.98. The van der Waals surface area contributed by atoms with Crippen LogP contribution in [0, 0.1) is 6.92 Å². The average molecular weight is 306 g/mol. The van der Waals surface area contributed by atoms with E-state index < -0.39 is 11.2 Å². The van der Waals surface area contributed by atoms with Crippen molar-refractivity contribution in [1.82, 2.24) is 9.97 Å². The highest BCUT2D eigenvalue weighted by atomic mass is 16.5. The number of aromatic nitrogens is 2. The van der Waals surface area contributed by atoms with E-state index in [4.69, 9.17) is 14.2 Å². The molecule has 2 aromatic rings. The van der Waals surface area contributed by atoms with Crippen LogP contribution in [0.15, 0.2) is 21.7 Å². The SMILES string of the molecule is COc1cc(OC)c(OC)cc1Cc1c(C)[nH]c(=O)[nH]c1=O. The smallest absolute Gasteiger partial charge is 0.325 e. The van der Waals surface area contributed by atoms with E-state index in [-0.39, 0.29) is 0 Å². The summed E-state index contributed by atoms with van der Waals surface area (Å²) in [5.74, 6) is 1.65. The Bertz CT molecular complexity index is 791. The standard InChI is InChI=1S/C15H18N2O5/c1-8-10(14(18)17-15(19)16-8)5-9-6-12(21-3)13(22-4)7-11(9)20-2/h6-7H,5H2,1-4H3,(H2,16,17,18,19). The first-order chi connectivity index (χ1) is 10.5. The molecule has 0 radical (unpaired) electrons. The minimum Gasteiger partial charge on any atom is -0.496 e. The maximum Gasteiger partial charge on any atom is 0.325 e. The molecule has 0 spiro atoms. The summed E-state index contributed by atoms with van der Waals surface area (Å²) in [7, 11) is 4.61. The number of aryl methyl sites for hydroxylation is 1. The lowest BCUT2D eigenvalue weighted by Gasteiger charge is -2.14.